The maximum atomic E-state index is 13.2. The lowest BCUT2D eigenvalue weighted by Crippen LogP contribution is -2.15. The van der Waals surface area contributed by atoms with Crippen LogP contribution in [0.1, 0.15) is 34.3 Å². The number of aryl methyl sites for hydroxylation is 1. The fourth-order valence-electron chi connectivity index (χ4n) is 3.21. The minimum Gasteiger partial charge on any atom is -0.448 e. The number of carbonyl (C=O) groups is 1. The Morgan fingerprint density at radius 1 is 1.32 bits per heavy atom. The van der Waals surface area contributed by atoms with E-state index >= 15 is 0 Å². The van der Waals surface area contributed by atoms with Crippen molar-refractivity contribution >= 4 is 17.2 Å². The number of nitrogens with one attached hydrogen (secondary N) is 1. The van der Waals surface area contributed by atoms with Crippen molar-refractivity contribution in [2.45, 2.75) is 25.4 Å². The summed E-state index contributed by atoms with van der Waals surface area (Å²) < 4.78 is 20.4. The van der Waals surface area contributed by atoms with Gasteiger partial charge in [0.25, 0.3) is 5.91 Å². The predicted octanol–water partition coefficient (Wildman–Crippen LogP) is 4.38. The third kappa shape index (κ3) is 2.85. The molecule has 28 heavy (non-hydrogen) atoms. The summed E-state index contributed by atoms with van der Waals surface area (Å²) in [6.07, 6.45) is 4.49. The third-order valence-corrected chi connectivity index (χ3v) is 4.98. The monoisotopic (exact) mass is 376 g/mol. The smallest absolute Gasteiger partial charge is 0.274 e. The van der Waals surface area contributed by atoms with Gasteiger partial charge in [-0.15, -0.1) is 0 Å². The number of imidazole rings is 1. The second kappa shape index (κ2) is 6.30. The van der Waals surface area contributed by atoms with Crippen LogP contribution in [-0.2, 0) is 0 Å². The van der Waals surface area contributed by atoms with Crippen LogP contribution in [0.5, 0.6) is 0 Å². The van der Waals surface area contributed by atoms with E-state index in [4.69, 9.17) is 4.42 Å². The zero-order valence-electron chi connectivity index (χ0n) is 15.1. The van der Waals surface area contributed by atoms with E-state index in [0.29, 0.717) is 35.0 Å². The largest absolute Gasteiger partial charge is 0.448 e. The van der Waals surface area contributed by atoms with Crippen LogP contribution in [0.2, 0.25) is 0 Å². The summed E-state index contributed by atoms with van der Waals surface area (Å²) >= 11 is 0. The molecule has 1 aliphatic rings. The normalized spacial score (nSPS) is 18.4. The highest BCUT2D eigenvalue weighted by atomic mass is 19.1. The zero-order valence-corrected chi connectivity index (χ0v) is 15.1. The molecule has 140 valence electrons. The van der Waals surface area contributed by atoms with Gasteiger partial charge < -0.3 is 9.73 Å². The van der Waals surface area contributed by atoms with E-state index in [1.54, 1.807) is 16.8 Å². The second-order valence-electron chi connectivity index (χ2n) is 6.99. The second-order valence-corrected chi connectivity index (χ2v) is 6.99. The first kappa shape index (κ1) is 16.7. The molecule has 0 radical (unpaired) electrons. The molecule has 0 spiro atoms. The van der Waals surface area contributed by atoms with Crippen molar-refractivity contribution in [3.63, 3.8) is 0 Å². The van der Waals surface area contributed by atoms with Crippen molar-refractivity contribution in [3.8, 4) is 11.3 Å². The number of rotatable bonds is 4. The lowest BCUT2D eigenvalue weighted by Gasteiger charge is -2.10. The number of nitrogens with zero attached hydrogens (tertiary/aromatic N) is 3. The van der Waals surface area contributed by atoms with Crippen molar-refractivity contribution < 1.29 is 13.6 Å². The molecular formula is C21H17FN4O2. The molecule has 0 aliphatic heterocycles. The molecular weight excluding hydrogens is 359 g/mol. The van der Waals surface area contributed by atoms with Gasteiger partial charge in [0, 0.05) is 17.4 Å². The molecule has 1 amide bonds. The van der Waals surface area contributed by atoms with Gasteiger partial charge in [-0.25, -0.2) is 14.4 Å². The molecule has 0 bridgehead atoms. The van der Waals surface area contributed by atoms with Gasteiger partial charge in [0.15, 0.2) is 0 Å². The number of hydrogen-bond donors (Lipinski definition) is 1. The highest BCUT2D eigenvalue weighted by molar-refractivity contribution is 6.04. The molecule has 1 aromatic carbocycles. The average molecular weight is 376 g/mol. The summed E-state index contributed by atoms with van der Waals surface area (Å²) in [7, 11) is 0. The Bertz CT molecular complexity index is 1200. The van der Waals surface area contributed by atoms with Crippen molar-refractivity contribution in [1.29, 1.82) is 0 Å². The summed E-state index contributed by atoms with van der Waals surface area (Å²) in [6.45, 7) is 1.92. The molecule has 3 heterocycles. The van der Waals surface area contributed by atoms with Crippen LogP contribution < -0.4 is 5.32 Å². The number of alkyl halides is 1. The Morgan fingerprint density at radius 3 is 3.00 bits per heavy atom. The van der Waals surface area contributed by atoms with Crippen LogP contribution in [0.3, 0.4) is 0 Å². The van der Waals surface area contributed by atoms with E-state index in [9.17, 15) is 9.18 Å². The predicted molar refractivity (Wildman–Crippen MR) is 102 cm³/mol. The van der Waals surface area contributed by atoms with Gasteiger partial charge in [0.1, 0.15) is 29.5 Å². The number of benzene rings is 1. The average Bonchev–Trinajstić information content (AvgIpc) is 3.12. The molecule has 3 aromatic heterocycles. The van der Waals surface area contributed by atoms with E-state index in [0.717, 1.165) is 11.1 Å². The summed E-state index contributed by atoms with van der Waals surface area (Å²) in [4.78, 5) is 21.4. The van der Waals surface area contributed by atoms with Crippen LogP contribution in [0, 0.1) is 6.92 Å². The molecule has 1 saturated carbocycles. The van der Waals surface area contributed by atoms with E-state index in [1.807, 2.05) is 43.3 Å². The Hall–Kier alpha value is -3.48. The lowest BCUT2D eigenvalue weighted by molar-refractivity contribution is 0.102. The van der Waals surface area contributed by atoms with Crippen LogP contribution in [0.15, 0.2) is 59.5 Å². The maximum Gasteiger partial charge on any atom is 0.274 e. The van der Waals surface area contributed by atoms with E-state index in [2.05, 4.69) is 15.3 Å². The number of amides is 1. The number of carbonyl (C=O) groups excluding carboxylic acids is 1. The van der Waals surface area contributed by atoms with Crippen LogP contribution >= 0.6 is 0 Å². The SMILES string of the molecule is Cc1ccc(-c2coc([C@H]3C[C@@H]3F)n2)cc1NC(=O)c1cnc2ccccn12. The molecule has 1 fully saturated rings. The van der Waals surface area contributed by atoms with Crippen molar-refractivity contribution in [2.24, 2.45) is 0 Å². The quantitative estimate of drug-likeness (QED) is 0.574. The number of aromatic nitrogens is 3. The first-order valence-corrected chi connectivity index (χ1v) is 9.04. The van der Waals surface area contributed by atoms with Gasteiger partial charge >= 0.3 is 0 Å². The number of fused-ring (bicyclic) bond motifs is 1. The molecule has 6 nitrogen and oxygen atoms in total. The molecule has 0 saturated heterocycles. The first-order chi connectivity index (χ1) is 13.6. The lowest BCUT2D eigenvalue weighted by atomic mass is 10.1. The van der Waals surface area contributed by atoms with E-state index < -0.39 is 6.17 Å². The Morgan fingerprint density at radius 2 is 2.18 bits per heavy atom. The summed E-state index contributed by atoms with van der Waals surface area (Å²) in [5.41, 5.74) is 4.17. The summed E-state index contributed by atoms with van der Waals surface area (Å²) in [5.74, 6) is -0.0500. The highest BCUT2D eigenvalue weighted by Gasteiger charge is 2.42. The van der Waals surface area contributed by atoms with E-state index in [1.165, 1.54) is 6.26 Å². The van der Waals surface area contributed by atoms with Gasteiger partial charge in [-0.3, -0.25) is 9.20 Å². The fraction of sp³-hybridized carbons (Fsp3) is 0.190. The third-order valence-electron chi connectivity index (χ3n) is 4.98. The first-order valence-electron chi connectivity index (χ1n) is 9.04. The van der Waals surface area contributed by atoms with Crippen molar-refractivity contribution in [1.82, 2.24) is 14.4 Å². The summed E-state index contributed by atoms with van der Waals surface area (Å²) in [5, 5.41) is 2.95. The molecule has 1 N–H and O–H groups in total. The minimum atomic E-state index is -0.857. The Kier molecular flexibility index (Phi) is 3.75. The molecule has 5 rings (SSSR count). The number of oxazole rings is 1. The number of hydrogen-bond acceptors (Lipinski definition) is 4. The Balaban J connectivity index is 1.43. The summed E-state index contributed by atoms with van der Waals surface area (Å²) in [6, 6.07) is 11.2. The van der Waals surface area contributed by atoms with Gasteiger partial charge in [-0.2, -0.15) is 0 Å². The van der Waals surface area contributed by atoms with Crippen LogP contribution in [0.25, 0.3) is 16.9 Å². The van der Waals surface area contributed by atoms with Crippen LogP contribution in [-0.4, -0.2) is 26.4 Å². The van der Waals surface area contributed by atoms with Gasteiger partial charge in [0.05, 0.1) is 12.1 Å². The molecule has 4 aromatic rings. The number of pyridine rings is 1. The maximum absolute atomic E-state index is 13.2. The molecule has 0 unspecified atom stereocenters. The molecule has 7 heteroatoms. The number of anilines is 1. The van der Waals surface area contributed by atoms with Crippen molar-refractivity contribution in [2.75, 3.05) is 5.32 Å². The fourth-order valence-corrected chi connectivity index (χ4v) is 3.21. The zero-order chi connectivity index (χ0) is 19.3. The number of halogens is 1. The minimum absolute atomic E-state index is 0.228. The highest BCUT2D eigenvalue weighted by Crippen LogP contribution is 2.43. The Labute approximate surface area is 160 Å². The van der Waals surface area contributed by atoms with Crippen LogP contribution in [0.4, 0.5) is 10.1 Å². The topological polar surface area (TPSA) is 72.4 Å². The van der Waals surface area contributed by atoms with Gasteiger partial charge in [-0.05, 0) is 37.1 Å². The van der Waals surface area contributed by atoms with E-state index in [-0.39, 0.29) is 11.8 Å². The standard InChI is InChI=1S/C21H17FN4O2/c1-12-5-6-13(17-11-28-21(25-17)14-9-15(14)22)8-16(12)24-20(27)18-10-23-19-4-2-3-7-26(18)19/h2-8,10-11,14-15H,9H2,1H3,(H,24,27)/t14-,15-/m0/s1. The molecule has 2 atom stereocenters. The van der Waals surface area contributed by atoms with Crippen molar-refractivity contribution in [3.05, 3.63) is 72.2 Å². The molecule has 1 aliphatic carbocycles. The van der Waals surface area contributed by atoms with Gasteiger partial charge in [-0.1, -0.05) is 18.2 Å². The van der Waals surface area contributed by atoms with Gasteiger partial charge in [0.2, 0.25) is 5.89 Å².